The van der Waals surface area contributed by atoms with E-state index in [1.165, 1.54) is 0 Å². The summed E-state index contributed by atoms with van der Waals surface area (Å²) in [5, 5.41) is 11.1. The van der Waals surface area contributed by atoms with Gasteiger partial charge in [0.15, 0.2) is 0 Å². The van der Waals surface area contributed by atoms with Gasteiger partial charge in [0, 0.05) is 6.42 Å². The van der Waals surface area contributed by atoms with Gasteiger partial charge in [-0.05, 0) is 54.4 Å². The number of amides is 1. The third-order valence-electron chi connectivity index (χ3n) is 3.54. The molecule has 0 radical (unpaired) electrons. The second kappa shape index (κ2) is 6.31. The Morgan fingerprint density at radius 1 is 1.15 bits per heavy atom. The zero-order valence-corrected chi connectivity index (χ0v) is 13.7. The fourth-order valence-corrected chi connectivity index (χ4v) is 2.70. The van der Waals surface area contributed by atoms with Gasteiger partial charge in [-0.25, -0.2) is 9.80 Å². The molecule has 5 nitrogen and oxygen atoms in total. The number of aliphatic hydroxyl groups is 1. The lowest BCUT2D eigenvalue weighted by Gasteiger charge is -2.41. The van der Waals surface area contributed by atoms with Gasteiger partial charge < -0.3 is 9.84 Å². The summed E-state index contributed by atoms with van der Waals surface area (Å²) >= 11 is 0. The van der Waals surface area contributed by atoms with Gasteiger partial charge >= 0.3 is 6.09 Å². The highest BCUT2D eigenvalue weighted by atomic mass is 16.6. The van der Waals surface area contributed by atoms with E-state index in [4.69, 9.17) is 4.74 Å². The first-order chi connectivity index (χ1) is 9.00. The van der Waals surface area contributed by atoms with E-state index in [2.05, 4.69) is 26.2 Å². The zero-order valence-electron chi connectivity index (χ0n) is 13.7. The SMILES string of the molecule is CC(C)(C)OC(=O)N[NH+](C1CCCCC1O)C(C)(C)C. The minimum Gasteiger partial charge on any atom is -0.441 e. The molecule has 1 aliphatic rings. The molecule has 5 heteroatoms. The molecule has 0 aromatic heterocycles. The van der Waals surface area contributed by atoms with Crippen molar-refractivity contribution in [1.29, 1.82) is 0 Å². The van der Waals surface area contributed by atoms with Crippen molar-refractivity contribution in [3.63, 3.8) is 0 Å². The zero-order chi connectivity index (χ0) is 15.6. The van der Waals surface area contributed by atoms with Gasteiger partial charge in [0.1, 0.15) is 23.3 Å². The number of nitrogens with one attached hydrogen (secondary N) is 2. The Hall–Kier alpha value is -0.810. The molecule has 118 valence electrons. The molecule has 3 atom stereocenters. The first kappa shape index (κ1) is 17.2. The largest absolute Gasteiger partial charge is 0.452 e. The van der Waals surface area contributed by atoms with Gasteiger partial charge in [0.25, 0.3) is 0 Å². The topological polar surface area (TPSA) is 63.0 Å². The monoisotopic (exact) mass is 287 g/mol. The van der Waals surface area contributed by atoms with E-state index >= 15 is 0 Å². The van der Waals surface area contributed by atoms with Crippen LogP contribution in [0.5, 0.6) is 0 Å². The summed E-state index contributed by atoms with van der Waals surface area (Å²) in [6.07, 6.45) is 3.08. The first-order valence-corrected chi connectivity index (χ1v) is 7.56. The lowest BCUT2D eigenvalue weighted by atomic mass is 9.90. The number of ether oxygens (including phenoxy) is 1. The summed E-state index contributed by atoms with van der Waals surface area (Å²) in [6, 6.07) is 0.0243. The number of carbonyl (C=O) groups is 1. The summed E-state index contributed by atoms with van der Waals surface area (Å²) in [4.78, 5) is 12.0. The summed E-state index contributed by atoms with van der Waals surface area (Å²) < 4.78 is 5.34. The summed E-state index contributed by atoms with van der Waals surface area (Å²) in [7, 11) is 0. The Balaban J connectivity index is 2.77. The summed E-state index contributed by atoms with van der Waals surface area (Å²) in [5.74, 6) is 0. The van der Waals surface area contributed by atoms with Crippen LogP contribution in [-0.4, -0.2) is 34.5 Å². The maximum Gasteiger partial charge on any atom is 0.452 e. The minimum absolute atomic E-state index is 0.0243. The Morgan fingerprint density at radius 3 is 2.15 bits per heavy atom. The molecule has 3 unspecified atom stereocenters. The second-order valence-electron chi connectivity index (χ2n) is 7.75. The highest BCUT2D eigenvalue weighted by Gasteiger charge is 2.41. The van der Waals surface area contributed by atoms with Gasteiger partial charge in [0.05, 0.1) is 0 Å². The van der Waals surface area contributed by atoms with Crippen LogP contribution in [0.4, 0.5) is 4.79 Å². The standard InChI is InChI=1S/C15H30N2O3/c1-14(2,3)17(11-9-7-8-10-12(11)18)16-13(19)20-15(4,5)6/h11-12,18H,7-10H2,1-6H3,(H,16,19)/p+1. The molecule has 0 aliphatic heterocycles. The molecule has 0 aromatic carbocycles. The summed E-state index contributed by atoms with van der Waals surface area (Å²) in [5.41, 5.74) is 2.20. The van der Waals surface area contributed by atoms with E-state index in [9.17, 15) is 9.90 Å². The van der Waals surface area contributed by atoms with Gasteiger partial charge in [-0.1, -0.05) is 6.42 Å². The predicted molar refractivity (Wildman–Crippen MR) is 78.3 cm³/mol. The third kappa shape index (κ3) is 5.29. The maximum absolute atomic E-state index is 12.0. The van der Waals surface area contributed by atoms with Crippen molar-refractivity contribution in [2.24, 2.45) is 0 Å². The van der Waals surface area contributed by atoms with Crippen molar-refractivity contribution in [1.82, 2.24) is 5.43 Å². The van der Waals surface area contributed by atoms with Gasteiger partial charge in [-0.3, -0.25) is 0 Å². The van der Waals surface area contributed by atoms with Gasteiger partial charge in [-0.15, -0.1) is 0 Å². The number of quaternary nitrogens is 1. The molecule has 20 heavy (non-hydrogen) atoms. The van der Waals surface area contributed by atoms with E-state index < -0.39 is 11.7 Å². The van der Waals surface area contributed by atoms with E-state index in [1.807, 2.05) is 20.8 Å². The summed E-state index contributed by atoms with van der Waals surface area (Å²) in [6.45, 7) is 11.7. The number of aliphatic hydroxyl groups excluding tert-OH is 1. The van der Waals surface area contributed by atoms with Crippen LogP contribution in [0.25, 0.3) is 0 Å². The number of rotatable bonds is 2. The molecule has 1 amide bonds. The van der Waals surface area contributed by atoms with Crippen molar-refractivity contribution in [3.8, 4) is 0 Å². The third-order valence-corrected chi connectivity index (χ3v) is 3.54. The van der Waals surface area contributed by atoms with E-state index in [0.717, 1.165) is 30.7 Å². The molecule has 1 rings (SSSR count). The molecule has 0 bridgehead atoms. The molecule has 0 heterocycles. The van der Waals surface area contributed by atoms with Crippen molar-refractivity contribution in [2.75, 3.05) is 0 Å². The molecule has 0 saturated heterocycles. The molecule has 1 saturated carbocycles. The van der Waals surface area contributed by atoms with E-state index in [1.54, 1.807) is 0 Å². The normalized spacial score (nSPS) is 25.9. The van der Waals surface area contributed by atoms with E-state index in [-0.39, 0.29) is 17.7 Å². The van der Waals surface area contributed by atoms with E-state index in [0.29, 0.717) is 0 Å². The Labute approximate surface area is 122 Å². The van der Waals surface area contributed by atoms with Crippen LogP contribution in [0.1, 0.15) is 67.2 Å². The predicted octanol–water partition coefficient (Wildman–Crippen LogP) is 1.41. The highest BCUT2D eigenvalue weighted by molar-refractivity contribution is 5.66. The smallest absolute Gasteiger partial charge is 0.441 e. The number of carbonyl (C=O) groups excluding carboxylic acids is 1. The highest BCUT2D eigenvalue weighted by Crippen LogP contribution is 2.17. The van der Waals surface area contributed by atoms with Crippen LogP contribution in [0, 0.1) is 0 Å². The Bertz CT molecular complexity index is 331. The van der Waals surface area contributed by atoms with Gasteiger partial charge in [-0.2, -0.15) is 5.43 Å². The molecular formula is C15H31N2O3+. The van der Waals surface area contributed by atoms with Crippen LogP contribution in [0.2, 0.25) is 0 Å². The lowest BCUT2D eigenvalue weighted by molar-refractivity contribution is -1.01. The molecular weight excluding hydrogens is 256 g/mol. The average molecular weight is 287 g/mol. The van der Waals surface area contributed by atoms with Crippen molar-refractivity contribution >= 4 is 6.09 Å². The molecule has 1 aliphatic carbocycles. The molecule has 0 aromatic rings. The van der Waals surface area contributed by atoms with Crippen LogP contribution in [0.15, 0.2) is 0 Å². The van der Waals surface area contributed by atoms with Crippen LogP contribution in [-0.2, 0) is 4.74 Å². The van der Waals surface area contributed by atoms with Crippen LogP contribution >= 0.6 is 0 Å². The quantitative estimate of drug-likeness (QED) is 0.673. The van der Waals surface area contributed by atoms with Gasteiger partial charge in [0.2, 0.25) is 0 Å². The fraction of sp³-hybridized carbons (Fsp3) is 0.933. The average Bonchev–Trinajstić information content (AvgIpc) is 2.23. The lowest BCUT2D eigenvalue weighted by Crippen LogP contribution is -3.29. The molecule has 3 N–H and O–H groups in total. The Morgan fingerprint density at radius 2 is 1.70 bits per heavy atom. The molecule has 1 fully saturated rings. The van der Waals surface area contributed by atoms with Crippen molar-refractivity contribution < 1.29 is 19.6 Å². The molecule has 0 spiro atoms. The van der Waals surface area contributed by atoms with Crippen LogP contribution in [0.3, 0.4) is 0 Å². The number of hydrogen-bond donors (Lipinski definition) is 3. The second-order valence-corrected chi connectivity index (χ2v) is 7.75. The first-order valence-electron chi connectivity index (χ1n) is 7.56. The maximum atomic E-state index is 12.0. The fourth-order valence-electron chi connectivity index (χ4n) is 2.70. The minimum atomic E-state index is -0.516. The van der Waals surface area contributed by atoms with Crippen molar-refractivity contribution in [2.45, 2.75) is 90.5 Å². The Kier molecular flexibility index (Phi) is 5.44. The van der Waals surface area contributed by atoms with Crippen molar-refractivity contribution in [3.05, 3.63) is 0 Å². The van der Waals surface area contributed by atoms with Crippen LogP contribution < -0.4 is 10.4 Å². The number of hydrogen-bond acceptors (Lipinski definition) is 3.